The zero-order chi connectivity index (χ0) is 10.7. The number of alkyl halides is 2. The van der Waals surface area contributed by atoms with E-state index in [0.29, 0.717) is 0 Å². The molecular formula is C9H6F2O3. The van der Waals surface area contributed by atoms with Crippen molar-refractivity contribution < 1.29 is 23.5 Å². The largest absolute Gasteiger partial charge is 0.475 e. The highest BCUT2D eigenvalue weighted by atomic mass is 19.3. The minimum atomic E-state index is -2.85. The van der Waals surface area contributed by atoms with Gasteiger partial charge in [0, 0.05) is 11.1 Å². The van der Waals surface area contributed by atoms with E-state index in [-0.39, 0.29) is 0 Å². The Hall–Kier alpha value is -1.78. The number of carboxylic acid groups (broad SMARTS) is 1. The number of hydrogen-bond acceptors (Lipinski definition) is 2. The Morgan fingerprint density at radius 3 is 2.29 bits per heavy atom. The van der Waals surface area contributed by atoms with E-state index < -0.39 is 29.3 Å². The zero-order valence-corrected chi connectivity index (χ0v) is 6.91. The number of hydrogen-bond donors (Lipinski definition) is 1. The summed E-state index contributed by atoms with van der Waals surface area (Å²) in [4.78, 5) is 21.2. The smallest absolute Gasteiger partial charge is 0.377 e. The number of carbonyl (C=O) groups is 2. The molecule has 0 atom stereocenters. The number of carboxylic acids is 1. The number of aliphatic carboxylic acids is 1. The average Bonchev–Trinajstić information content (AvgIpc) is 2.16. The van der Waals surface area contributed by atoms with Crippen LogP contribution >= 0.6 is 0 Å². The van der Waals surface area contributed by atoms with Crippen LogP contribution in [-0.2, 0) is 4.79 Å². The van der Waals surface area contributed by atoms with Gasteiger partial charge in [0.15, 0.2) is 0 Å². The maximum absolute atomic E-state index is 12.3. The molecule has 1 rings (SSSR count). The van der Waals surface area contributed by atoms with Gasteiger partial charge in [-0.3, -0.25) is 4.79 Å². The molecule has 0 heterocycles. The predicted octanol–water partition coefficient (Wildman–Crippen LogP) is 1.89. The molecule has 0 saturated carbocycles. The number of carbonyl (C=O) groups excluding carboxylic acids is 1. The Kier molecular flexibility index (Phi) is 2.91. The average molecular weight is 200 g/mol. The van der Waals surface area contributed by atoms with Gasteiger partial charge in [0.1, 0.15) is 0 Å². The fourth-order valence-electron chi connectivity index (χ4n) is 1.01. The van der Waals surface area contributed by atoms with E-state index >= 15 is 0 Å². The summed E-state index contributed by atoms with van der Waals surface area (Å²) in [6, 6.07) is 4.75. The van der Waals surface area contributed by atoms with Crippen LogP contribution in [0.4, 0.5) is 8.78 Å². The van der Waals surface area contributed by atoms with Crippen molar-refractivity contribution in [3.05, 3.63) is 35.4 Å². The highest BCUT2D eigenvalue weighted by Gasteiger charge is 2.21. The molecular weight excluding hydrogens is 194 g/mol. The number of Topliss-reactive ketones (excluding diaryl/α,β-unsaturated/α-hetero) is 1. The van der Waals surface area contributed by atoms with Crippen molar-refractivity contribution >= 4 is 11.8 Å². The van der Waals surface area contributed by atoms with Crippen molar-refractivity contribution in [2.24, 2.45) is 0 Å². The summed E-state index contributed by atoms with van der Waals surface area (Å²) in [6.07, 6.45) is -2.85. The monoisotopic (exact) mass is 200 g/mol. The first kappa shape index (κ1) is 10.3. The van der Waals surface area contributed by atoms with Crippen LogP contribution in [0.5, 0.6) is 0 Å². The summed E-state index contributed by atoms with van der Waals surface area (Å²) < 4.78 is 24.6. The molecule has 3 nitrogen and oxygen atoms in total. The van der Waals surface area contributed by atoms with E-state index in [1.165, 1.54) is 12.1 Å². The van der Waals surface area contributed by atoms with Crippen molar-refractivity contribution in [2.75, 3.05) is 0 Å². The Balaban J connectivity index is 3.20. The van der Waals surface area contributed by atoms with Gasteiger partial charge in [0.25, 0.3) is 12.2 Å². The zero-order valence-electron chi connectivity index (χ0n) is 6.91. The topological polar surface area (TPSA) is 54.4 Å². The molecule has 0 amide bonds. The molecule has 0 aliphatic heterocycles. The summed E-state index contributed by atoms with van der Waals surface area (Å²) in [5.41, 5.74) is -1.02. The second kappa shape index (κ2) is 3.95. The Labute approximate surface area is 78.0 Å². The first-order valence-electron chi connectivity index (χ1n) is 3.68. The van der Waals surface area contributed by atoms with E-state index in [0.717, 1.165) is 12.1 Å². The highest BCUT2D eigenvalue weighted by Crippen LogP contribution is 2.22. The van der Waals surface area contributed by atoms with Crippen molar-refractivity contribution in [1.82, 2.24) is 0 Å². The minimum absolute atomic E-state index is 0.463. The van der Waals surface area contributed by atoms with Crippen LogP contribution in [0.2, 0.25) is 0 Å². The van der Waals surface area contributed by atoms with Crippen LogP contribution in [0, 0.1) is 0 Å². The van der Waals surface area contributed by atoms with Crippen LogP contribution in [-0.4, -0.2) is 16.9 Å². The SMILES string of the molecule is O=C(O)C(=O)c1ccccc1C(F)F. The maximum atomic E-state index is 12.3. The molecule has 14 heavy (non-hydrogen) atoms. The fourth-order valence-corrected chi connectivity index (χ4v) is 1.01. The summed E-state index contributed by atoms with van der Waals surface area (Å²) in [5.74, 6) is -3.06. The van der Waals surface area contributed by atoms with E-state index in [1.54, 1.807) is 0 Å². The molecule has 1 aromatic rings. The Morgan fingerprint density at radius 2 is 1.79 bits per heavy atom. The molecule has 0 spiro atoms. The lowest BCUT2D eigenvalue weighted by Gasteiger charge is -2.04. The quantitative estimate of drug-likeness (QED) is 0.598. The van der Waals surface area contributed by atoms with Gasteiger partial charge in [0.05, 0.1) is 0 Å². The molecule has 0 saturated heterocycles. The van der Waals surface area contributed by atoms with Gasteiger partial charge in [-0.25, -0.2) is 13.6 Å². The van der Waals surface area contributed by atoms with Gasteiger partial charge in [-0.1, -0.05) is 24.3 Å². The van der Waals surface area contributed by atoms with Crippen molar-refractivity contribution in [3.63, 3.8) is 0 Å². The van der Waals surface area contributed by atoms with Crippen LogP contribution < -0.4 is 0 Å². The molecule has 0 bridgehead atoms. The third-order valence-corrected chi connectivity index (χ3v) is 1.63. The summed E-state index contributed by atoms with van der Waals surface area (Å²) in [6.45, 7) is 0. The van der Waals surface area contributed by atoms with Gasteiger partial charge in [-0.05, 0) is 0 Å². The molecule has 0 unspecified atom stereocenters. The van der Waals surface area contributed by atoms with E-state index in [1.807, 2.05) is 0 Å². The van der Waals surface area contributed by atoms with E-state index in [2.05, 4.69) is 0 Å². The molecule has 0 radical (unpaired) electrons. The summed E-state index contributed by atoms with van der Waals surface area (Å²) in [7, 11) is 0. The second-order valence-electron chi connectivity index (χ2n) is 2.52. The molecule has 74 valence electrons. The van der Waals surface area contributed by atoms with E-state index in [4.69, 9.17) is 5.11 Å². The molecule has 5 heteroatoms. The molecule has 1 N–H and O–H groups in total. The lowest BCUT2D eigenvalue weighted by atomic mass is 10.0. The molecule has 1 aromatic carbocycles. The second-order valence-corrected chi connectivity index (χ2v) is 2.52. The third kappa shape index (κ3) is 1.93. The van der Waals surface area contributed by atoms with Crippen LogP contribution in [0.15, 0.2) is 24.3 Å². The van der Waals surface area contributed by atoms with Crippen molar-refractivity contribution in [2.45, 2.75) is 6.43 Å². The van der Waals surface area contributed by atoms with Crippen LogP contribution in [0.1, 0.15) is 22.3 Å². The lowest BCUT2D eigenvalue weighted by molar-refractivity contribution is -0.131. The van der Waals surface area contributed by atoms with Crippen molar-refractivity contribution in [3.8, 4) is 0 Å². The van der Waals surface area contributed by atoms with E-state index in [9.17, 15) is 18.4 Å². The number of benzene rings is 1. The molecule has 0 aromatic heterocycles. The maximum Gasteiger partial charge on any atom is 0.377 e. The highest BCUT2D eigenvalue weighted by molar-refractivity contribution is 6.40. The Morgan fingerprint density at radius 1 is 1.21 bits per heavy atom. The van der Waals surface area contributed by atoms with Gasteiger partial charge in [-0.2, -0.15) is 0 Å². The molecule has 0 aliphatic carbocycles. The van der Waals surface area contributed by atoms with Gasteiger partial charge in [0.2, 0.25) is 0 Å². The molecule has 0 fully saturated rings. The fraction of sp³-hybridized carbons (Fsp3) is 0.111. The number of rotatable bonds is 3. The van der Waals surface area contributed by atoms with Crippen molar-refractivity contribution in [1.29, 1.82) is 0 Å². The van der Waals surface area contributed by atoms with Crippen LogP contribution in [0.25, 0.3) is 0 Å². The molecule has 0 aliphatic rings. The summed E-state index contributed by atoms with van der Waals surface area (Å²) >= 11 is 0. The van der Waals surface area contributed by atoms with Gasteiger partial charge >= 0.3 is 5.97 Å². The first-order valence-corrected chi connectivity index (χ1v) is 3.68. The Bertz CT molecular complexity index is 374. The summed E-state index contributed by atoms with van der Waals surface area (Å²) in [5, 5.41) is 8.35. The van der Waals surface area contributed by atoms with Gasteiger partial charge < -0.3 is 5.11 Å². The van der Waals surface area contributed by atoms with Gasteiger partial charge in [-0.15, -0.1) is 0 Å². The van der Waals surface area contributed by atoms with Crippen LogP contribution in [0.3, 0.4) is 0 Å². The number of halogens is 2. The lowest BCUT2D eigenvalue weighted by Crippen LogP contribution is -2.14. The predicted molar refractivity (Wildman–Crippen MR) is 43.4 cm³/mol. The third-order valence-electron chi connectivity index (χ3n) is 1.63. The minimum Gasteiger partial charge on any atom is -0.475 e. The first-order chi connectivity index (χ1) is 6.54. The number of ketones is 1. The normalized spacial score (nSPS) is 10.2. The standard InChI is InChI=1S/C9H6F2O3/c10-8(11)6-4-2-1-3-5(6)7(12)9(13)14/h1-4,8H,(H,13,14).